The van der Waals surface area contributed by atoms with Crippen LogP contribution in [0.15, 0.2) is 59.8 Å². The van der Waals surface area contributed by atoms with Crippen molar-refractivity contribution < 1.29 is 18.3 Å². The molecule has 1 heterocycles. The van der Waals surface area contributed by atoms with E-state index in [0.717, 1.165) is 5.56 Å². The molecule has 2 aromatic carbocycles. The number of nitrogens with zero attached hydrogens (tertiary/aromatic N) is 1. The van der Waals surface area contributed by atoms with Crippen LogP contribution in [0.5, 0.6) is 5.75 Å². The summed E-state index contributed by atoms with van der Waals surface area (Å²) in [5.41, 5.74) is 3.04. The Labute approximate surface area is 179 Å². The molecule has 1 aliphatic rings. The Bertz CT molecular complexity index is 994. The number of rotatable bonds is 6. The number of para-hydroxylation sites is 2. The predicted octanol–water partition coefficient (Wildman–Crippen LogP) is 4.76. The molecule has 1 amide bonds. The van der Waals surface area contributed by atoms with E-state index in [-0.39, 0.29) is 11.7 Å². The predicted molar refractivity (Wildman–Crippen MR) is 116 cm³/mol. The van der Waals surface area contributed by atoms with Gasteiger partial charge in [0, 0.05) is 23.5 Å². The lowest BCUT2D eigenvalue weighted by Crippen LogP contribution is -2.48. The van der Waals surface area contributed by atoms with Crippen LogP contribution in [0.2, 0.25) is 0 Å². The molecule has 0 fully saturated rings. The first-order valence-corrected chi connectivity index (χ1v) is 9.93. The van der Waals surface area contributed by atoms with Gasteiger partial charge in [0.25, 0.3) is 5.91 Å². The Hall–Kier alpha value is -3.00. The van der Waals surface area contributed by atoms with Gasteiger partial charge in [0.2, 0.25) is 0 Å². The van der Waals surface area contributed by atoms with Crippen molar-refractivity contribution in [2.45, 2.75) is 33.4 Å². The maximum absolute atomic E-state index is 13.3. The van der Waals surface area contributed by atoms with Crippen molar-refractivity contribution in [3.8, 4) is 5.75 Å². The summed E-state index contributed by atoms with van der Waals surface area (Å²) in [7, 11) is 0. The molecule has 0 unspecified atom stereocenters. The highest BCUT2D eigenvalue weighted by molar-refractivity contribution is 7.80. The zero-order valence-corrected chi connectivity index (χ0v) is 17.7. The second-order valence-electron chi connectivity index (χ2n) is 6.81. The summed E-state index contributed by atoms with van der Waals surface area (Å²) in [5.74, 6) is -0.348. The maximum Gasteiger partial charge on any atom is 0.387 e. The molecule has 8 heteroatoms. The van der Waals surface area contributed by atoms with Gasteiger partial charge >= 0.3 is 6.61 Å². The molecule has 0 spiro atoms. The van der Waals surface area contributed by atoms with E-state index in [1.54, 1.807) is 30.0 Å². The van der Waals surface area contributed by atoms with E-state index in [2.05, 4.69) is 10.6 Å². The molecule has 0 aliphatic carbocycles. The van der Waals surface area contributed by atoms with E-state index in [4.69, 9.17) is 17.0 Å². The van der Waals surface area contributed by atoms with Crippen LogP contribution in [0.3, 0.4) is 0 Å². The third kappa shape index (κ3) is 4.43. The van der Waals surface area contributed by atoms with Gasteiger partial charge in [-0.15, -0.1) is 0 Å². The number of hydrogen-bond acceptors (Lipinski definition) is 3. The Morgan fingerprint density at radius 1 is 1.20 bits per heavy atom. The monoisotopic (exact) mass is 431 g/mol. The molecule has 30 heavy (non-hydrogen) atoms. The lowest BCUT2D eigenvalue weighted by Gasteiger charge is -2.37. The summed E-state index contributed by atoms with van der Waals surface area (Å²) < 4.78 is 30.6. The fraction of sp³-hybridized carbons (Fsp3) is 0.273. The molecule has 1 aliphatic heterocycles. The smallest absolute Gasteiger partial charge is 0.387 e. The van der Waals surface area contributed by atoms with Crippen molar-refractivity contribution >= 4 is 28.9 Å². The summed E-state index contributed by atoms with van der Waals surface area (Å²) in [6, 6.07) is 13.1. The Kier molecular flexibility index (Phi) is 6.66. The third-order valence-electron chi connectivity index (χ3n) is 5.00. The average molecular weight is 432 g/mol. The highest BCUT2D eigenvalue weighted by Crippen LogP contribution is 2.36. The highest BCUT2D eigenvalue weighted by Gasteiger charge is 2.35. The average Bonchev–Trinajstić information content (AvgIpc) is 2.69. The number of ether oxygens (including phenoxy) is 1. The fourth-order valence-electron chi connectivity index (χ4n) is 3.51. The van der Waals surface area contributed by atoms with E-state index in [1.165, 1.54) is 6.07 Å². The quantitative estimate of drug-likeness (QED) is 0.646. The lowest BCUT2D eigenvalue weighted by atomic mass is 9.93. The molecule has 1 atom stereocenters. The summed E-state index contributed by atoms with van der Waals surface area (Å²) in [5, 5.41) is 6.47. The van der Waals surface area contributed by atoms with Crippen molar-refractivity contribution in [3.63, 3.8) is 0 Å². The first-order valence-electron chi connectivity index (χ1n) is 9.53. The van der Waals surface area contributed by atoms with E-state index in [9.17, 15) is 13.6 Å². The first-order chi connectivity index (χ1) is 14.3. The van der Waals surface area contributed by atoms with Gasteiger partial charge in [-0.1, -0.05) is 36.4 Å². The van der Waals surface area contributed by atoms with Crippen LogP contribution in [0.4, 0.5) is 14.5 Å². The van der Waals surface area contributed by atoms with Gasteiger partial charge in [-0.3, -0.25) is 4.79 Å². The molecule has 0 radical (unpaired) electrons. The van der Waals surface area contributed by atoms with Crippen molar-refractivity contribution in [1.29, 1.82) is 0 Å². The number of alkyl halides is 2. The van der Waals surface area contributed by atoms with Crippen LogP contribution in [0.25, 0.3) is 0 Å². The summed E-state index contributed by atoms with van der Waals surface area (Å²) in [6.07, 6.45) is 0. The molecule has 2 aromatic rings. The molecule has 0 saturated heterocycles. The number of hydrogen-bond donors (Lipinski definition) is 2. The topological polar surface area (TPSA) is 53.6 Å². The number of carbonyl (C=O) groups excluding carboxylic acids is 1. The Morgan fingerprint density at radius 2 is 1.87 bits per heavy atom. The second kappa shape index (κ2) is 9.21. The maximum atomic E-state index is 13.3. The Balaban J connectivity index is 2.08. The van der Waals surface area contributed by atoms with Gasteiger partial charge in [0.15, 0.2) is 5.11 Å². The normalized spacial score (nSPS) is 16.5. The number of thiocarbonyl (C=S) groups is 1. The molecule has 0 bridgehead atoms. The fourth-order valence-corrected chi connectivity index (χ4v) is 3.90. The molecule has 2 N–H and O–H groups in total. The molecular weight excluding hydrogens is 408 g/mol. The van der Waals surface area contributed by atoms with Crippen LogP contribution in [-0.2, 0) is 4.79 Å². The van der Waals surface area contributed by atoms with E-state index in [0.29, 0.717) is 34.2 Å². The Morgan fingerprint density at radius 3 is 2.53 bits per heavy atom. The van der Waals surface area contributed by atoms with E-state index >= 15 is 0 Å². The molecule has 0 aromatic heterocycles. The number of carbonyl (C=O) groups is 1. The molecule has 158 valence electrons. The molecule has 3 rings (SSSR count). The largest absolute Gasteiger partial charge is 0.434 e. The SMILES string of the molecule is CCN1C(=S)N[C@@H](c2ccccc2OC(F)F)C(C(=O)Nc2ccccc2C)=C1C. The van der Waals surface area contributed by atoms with Crippen molar-refractivity contribution in [2.24, 2.45) is 0 Å². The van der Waals surface area contributed by atoms with Crippen molar-refractivity contribution in [2.75, 3.05) is 11.9 Å². The molecular formula is C22H23F2N3O2S. The molecule has 0 saturated carbocycles. The second-order valence-corrected chi connectivity index (χ2v) is 7.20. The number of halogens is 2. The van der Waals surface area contributed by atoms with Gasteiger partial charge < -0.3 is 20.3 Å². The zero-order chi connectivity index (χ0) is 21.8. The van der Waals surface area contributed by atoms with Gasteiger partial charge in [0.1, 0.15) is 5.75 Å². The van der Waals surface area contributed by atoms with Gasteiger partial charge in [-0.2, -0.15) is 8.78 Å². The van der Waals surface area contributed by atoms with E-state index in [1.807, 2.05) is 38.1 Å². The minimum Gasteiger partial charge on any atom is -0.434 e. The number of allylic oxidation sites excluding steroid dienone is 1. The van der Waals surface area contributed by atoms with Gasteiger partial charge in [-0.05, 0) is 50.7 Å². The lowest BCUT2D eigenvalue weighted by molar-refractivity contribution is -0.113. The highest BCUT2D eigenvalue weighted by atomic mass is 32.1. The number of amides is 1. The van der Waals surface area contributed by atoms with Crippen molar-refractivity contribution in [1.82, 2.24) is 10.2 Å². The van der Waals surface area contributed by atoms with Crippen LogP contribution < -0.4 is 15.4 Å². The number of anilines is 1. The van der Waals surface area contributed by atoms with Crippen LogP contribution in [0.1, 0.15) is 31.0 Å². The first kappa shape index (κ1) is 21.7. The zero-order valence-electron chi connectivity index (χ0n) is 16.9. The van der Waals surface area contributed by atoms with Crippen LogP contribution in [-0.4, -0.2) is 29.1 Å². The standard InChI is InChI=1S/C22H23F2N3O2S/c1-4-27-14(3)18(20(28)25-16-11-7-5-9-13(16)2)19(26-22(27)30)15-10-6-8-12-17(15)29-21(23)24/h5-12,19,21H,4H2,1-3H3,(H,25,28)(H,26,30)/t19-/m0/s1. The number of benzene rings is 2. The summed E-state index contributed by atoms with van der Waals surface area (Å²) in [6.45, 7) is 3.19. The third-order valence-corrected chi connectivity index (χ3v) is 5.33. The summed E-state index contributed by atoms with van der Waals surface area (Å²) >= 11 is 5.46. The van der Waals surface area contributed by atoms with Crippen LogP contribution in [0, 0.1) is 6.92 Å². The van der Waals surface area contributed by atoms with Gasteiger partial charge in [-0.25, -0.2) is 0 Å². The minimum absolute atomic E-state index is 0.00765. The minimum atomic E-state index is -2.98. The number of nitrogens with one attached hydrogen (secondary N) is 2. The summed E-state index contributed by atoms with van der Waals surface area (Å²) in [4.78, 5) is 15.1. The molecule has 5 nitrogen and oxygen atoms in total. The van der Waals surface area contributed by atoms with Crippen molar-refractivity contribution in [3.05, 3.63) is 70.9 Å². The van der Waals surface area contributed by atoms with Gasteiger partial charge in [0.05, 0.1) is 11.6 Å². The van der Waals surface area contributed by atoms with Crippen LogP contribution >= 0.6 is 12.2 Å². The number of aryl methyl sites for hydroxylation is 1. The van der Waals surface area contributed by atoms with E-state index < -0.39 is 12.7 Å².